The van der Waals surface area contributed by atoms with E-state index in [1.807, 2.05) is 0 Å². The highest BCUT2D eigenvalue weighted by molar-refractivity contribution is 8.13. The van der Waals surface area contributed by atoms with Crippen LogP contribution in [0.2, 0.25) is 0 Å². The highest BCUT2D eigenvalue weighted by atomic mass is 35.7. The Hall–Kier alpha value is -0.590. The molecule has 0 unspecified atom stereocenters. The number of nitrogens with zero attached hydrogens (tertiary/aromatic N) is 2. The molecule has 0 aromatic carbocycles. The molecule has 13 heavy (non-hydrogen) atoms. The van der Waals surface area contributed by atoms with E-state index >= 15 is 0 Å². The number of hydrogen-bond donors (Lipinski definition) is 0. The van der Waals surface area contributed by atoms with Crippen molar-refractivity contribution in [2.24, 2.45) is 0 Å². The summed E-state index contributed by atoms with van der Waals surface area (Å²) in [6.07, 6.45) is 1.26. The summed E-state index contributed by atoms with van der Waals surface area (Å²) in [7, 11) is 1.52. The van der Waals surface area contributed by atoms with E-state index in [4.69, 9.17) is 15.4 Å². The second-order valence-corrected chi connectivity index (χ2v) is 5.17. The van der Waals surface area contributed by atoms with E-state index in [2.05, 4.69) is 4.98 Å². The third-order valence-electron chi connectivity index (χ3n) is 1.84. The molecule has 1 aliphatic rings. The Balaban J connectivity index is 2.55. The van der Waals surface area contributed by atoms with Gasteiger partial charge in [-0.05, 0) is 0 Å². The topological polar surface area (TPSA) is 61.2 Å². The largest absolute Gasteiger partial charge is 0.372 e. The molecule has 2 heterocycles. The first-order chi connectivity index (χ1) is 6.09. The minimum atomic E-state index is -3.68. The minimum Gasteiger partial charge on any atom is -0.372 e. The van der Waals surface area contributed by atoms with Gasteiger partial charge in [-0.25, -0.2) is 13.4 Å². The lowest BCUT2D eigenvalue weighted by molar-refractivity contribution is 0.0787. The molecule has 72 valence electrons. The maximum atomic E-state index is 11.0. The zero-order valence-corrected chi connectivity index (χ0v) is 8.18. The minimum absolute atomic E-state index is 0.0486. The molecule has 1 aliphatic heterocycles. The standard InChI is InChI=1S/C6H7ClN2O3S/c7-13(10,11)6-3-8-5-4-12-2-1-9(5)6/h3H,1-2,4H2. The fourth-order valence-corrected chi connectivity index (χ4v) is 2.27. The Morgan fingerprint density at radius 3 is 3.08 bits per heavy atom. The monoisotopic (exact) mass is 222 g/mol. The summed E-state index contributed by atoms with van der Waals surface area (Å²) in [6, 6.07) is 0. The van der Waals surface area contributed by atoms with Crippen molar-refractivity contribution in [3.8, 4) is 0 Å². The van der Waals surface area contributed by atoms with Crippen LogP contribution in [0.4, 0.5) is 0 Å². The molecule has 0 fully saturated rings. The van der Waals surface area contributed by atoms with E-state index < -0.39 is 9.05 Å². The van der Waals surface area contributed by atoms with Crippen molar-refractivity contribution in [1.29, 1.82) is 0 Å². The molecule has 0 saturated carbocycles. The van der Waals surface area contributed by atoms with E-state index in [0.717, 1.165) is 0 Å². The van der Waals surface area contributed by atoms with Crippen molar-refractivity contribution < 1.29 is 13.2 Å². The van der Waals surface area contributed by atoms with Crippen LogP contribution in [0.5, 0.6) is 0 Å². The molecule has 0 bridgehead atoms. The Labute approximate surface area is 79.7 Å². The number of imidazole rings is 1. The average Bonchev–Trinajstić information content (AvgIpc) is 2.45. The second kappa shape index (κ2) is 2.97. The van der Waals surface area contributed by atoms with Crippen molar-refractivity contribution in [2.45, 2.75) is 18.2 Å². The van der Waals surface area contributed by atoms with Gasteiger partial charge in [-0.2, -0.15) is 0 Å². The number of ether oxygens (including phenoxy) is 1. The SMILES string of the molecule is O=S(=O)(Cl)c1cnc2n1CCOC2. The van der Waals surface area contributed by atoms with Crippen molar-refractivity contribution in [1.82, 2.24) is 9.55 Å². The van der Waals surface area contributed by atoms with Gasteiger partial charge in [0.05, 0.1) is 12.8 Å². The van der Waals surface area contributed by atoms with Gasteiger partial charge in [-0.1, -0.05) is 0 Å². The van der Waals surface area contributed by atoms with Crippen LogP contribution >= 0.6 is 10.7 Å². The Morgan fingerprint density at radius 1 is 1.62 bits per heavy atom. The van der Waals surface area contributed by atoms with Crippen molar-refractivity contribution in [3.05, 3.63) is 12.0 Å². The number of aromatic nitrogens is 2. The predicted octanol–water partition coefficient (Wildman–Crippen LogP) is 0.341. The Bertz CT molecular complexity index is 425. The molecule has 0 amide bonds. The first-order valence-electron chi connectivity index (χ1n) is 3.66. The number of fused-ring (bicyclic) bond motifs is 1. The Kier molecular flexibility index (Phi) is 2.05. The molecule has 2 rings (SSSR count). The molecule has 0 saturated heterocycles. The molecule has 0 atom stereocenters. The third kappa shape index (κ3) is 1.56. The maximum absolute atomic E-state index is 11.0. The number of hydrogen-bond acceptors (Lipinski definition) is 4. The van der Waals surface area contributed by atoms with Crippen LogP contribution in [0.15, 0.2) is 11.2 Å². The van der Waals surface area contributed by atoms with Crippen LogP contribution in [0, 0.1) is 0 Å². The van der Waals surface area contributed by atoms with Gasteiger partial charge in [0.25, 0.3) is 9.05 Å². The van der Waals surface area contributed by atoms with Crippen molar-refractivity contribution in [3.63, 3.8) is 0 Å². The summed E-state index contributed by atoms with van der Waals surface area (Å²) < 4.78 is 28.7. The van der Waals surface area contributed by atoms with E-state index in [9.17, 15) is 8.42 Å². The molecule has 0 spiro atoms. The summed E-state index contributed by atoms with van der Waals surface area (Å²) in [5, 5.41) is 0.0486. The molecule has 0 aliphatic carbocycles. The van der Waals surface area contributed by atoms with Gasteiger partial charge in [0.15, 0.2) is 5.03 Å². The summed E-state index contributed by atoms with van der Waals surface area (Å²) in [4.78, 5) is 3.90. The molecule has 5 nitrogen and oxygen atoms in total. The molecular weight excluding hydrogens is 216 g/mol. The predicted molar refractivity (Wildman–Crippen MR) is 44.9 cm³/mol. The van der Waals surface area contributed by atoms with Gasteiger partial charge in [0.2, 0.25) is 0 Å². The van der Waals surface area contributed by atoms with Crippen LogP contribution in [0.25, 0.3) is 0 Å². The van der Waals surface area contributed by atoms with Crippen LogP contribution in [-0.2, 0) is 26.9 Å². The van der Waals surface area contributed by atoms with Crippen molar-refractivity contribution >= 4 is 19.7 Å². The van der Waals surface area contributed by atoms with Crippen LogP contribution < -0.4 is 0 Å². The molecule has 7 heteroatoms. The fraction of sp³-hybridized carbons (Fsp3) is 0.500. The lowest BCUT2D eigenvalue weighted by Crippen LogP contribution is -2.19. The fourth-order valence-electron chi connectivity index (χ4n) is 1.26. The summed E-state index contributed by atoms with van der Waals surface area (Å²) in [5.41, 5.74) is 0. The zero-order chi connectivity index (χ0) is 9.47. The summed E-state index contributed by atoms with van der Waals surface area (Å²) >= 11 is 0. The summed E-state index contributed by atoms with van der Waals surface area (Å²) in [5.74, 6) is 0.602. The third-order valence-corrected chi connectivity index (χ3v) is 3.14. The van der Waals surface area contributed by atoms with Gasteiger partial charge in [-0.15, -0.1) is 0 Å². The van der Waals surface area contributed by atoms with Gasteiger partial charge in [0.1, 0.15) is 12.4 Å². The van der Waals surface area contributed by atoms with E-state index in [1.165, 1.54) is 6.20 Å². The Morgan fingerprint density at radius 2 is 2.38 bits per heavy atom. The van der Waals surface area contributed by atoms with E-state index in [-0.39, 0.29) is 5.03 Å². The number of rotatable bonds is 1. The highest BCUT2D eigenvalue weighted by Crippen LogP contribution is 2.19. The second-order valence-electron chi connectivity index (χ2n) is 2.65. The molecule has 0 radical (unpaired) electrons. The lowest BCUT2D eigenvalue weighted by atomic mass is 10.5. The highest BCUT2D eigenvalue weighted by Gasteiger charge is 2.21. The maximum Gasteiger partial charge on any atom is 0.278 e. The first kappa shape index (κ1) is 8.98. The quantitative estimate of drug-likeness (QED) is 0.643. The van der Waals surface area contributed by atoms with Gasteiger partial charge in [-0.3, -0.25) is 0 Å². The smallest absolute Gasteiger partial charge is 0.278 e. The van der Waals surface area contributed by atoms with Gasteiger partial charge in [0, 0.05) is 17.2 Å². The lowest BCUT2D eigenvalue weighted by Gasteiger charge is -2.15. The first-order valence-corrected chi connectivity index (χ1v) is 5.97. The van der Waals surface area contributed by atoms with E-state index in [1.54, 1.807) is 4.57 Å². The summed E-state index contributed by atoms with van der Waals surface area (Å²) in [6.45, 7) is 1.31. The molecule has 0 N–H and O–H groups in total. The normalized spacial score (nSPS) is 17.0. The van der Waals surface area contributed by atoms with E-state index in [0.29, 0.717) is 25.6 Å². The van der Waals surface area contributed by atoms with Crippen LogP contribution in [0.3, 0.4) is 0 Å². The molecular formula is C6H7ClN2O3S. The van der Waals surface area contributed by atoms with Crippen LogP contribution in [0.1, 0.15) is 5.82 Å². The average molecular weight is 223 g/mol. The zero-order valence-electron chi connectivity index (χ0n) is 6.60. The number of halogens is 1. The van der Waals surface area contributed by atoms with Gasteiger partial charge < -0.3 is 9.30 Å². The van der Waals surface area contributed by atoms with Gasteiger partial charge >= 0.3 is 0 Å². The molecule has 1 aromatic heterocycles. The molecule has 1 aromatic rings. The van der Waals surface area contributed by atoms with Crippen LogP contribution in [-0.4, -0.2) is 24.6 Å². The van der Waals surface area contributed by atoms with Crippen molar-refractivity contribution in [2.75, 3.05) is 6.61 Å².